The first-order valence-corrected chi connectivity index (χ1v) is 30.9. The topological polar surface area (TPSA) is 121 Å². The van der Waals surface area contributed by atoms with Gasteiger partial charge in [-0.1, -0.05) is 34.6 Å². The van der Waals surface area contributed by atoms with Gasteiger partial charge >= 0.3 is 0 Å². The van der Waals surface area contributed by atoms with E-state index in [1.807, 2.05) is 11.8 Å². The average Bonchev–Trinajstić information content (AvgIpc) is 3.31. The predicted molar refractivity (Wildman–Crippen MR) is 328 cm³/mol. The van der Waals surface area contributed by atoms with Crippen molar-refractivity contribution in [3.63, 3.8) is 0 Å². The van der Waals surface area contributed by atoms with Gasteiger partial charge in [0.25, 0.3) is 5.91 Å². The van der Waals surface area contributed by atoms with Crippen LogP contribution < -0.4 is 0 Å². The SMILES string of the molecule is C.C.CC(=O)N1CCN(C(C)(C)C)CC1.CC(C)(C)N1CCCCC1.CC(C)(C)N1CCCCC1.CC(C)(C)N1CCN(S(C)(=O)=O)CC1.CCC(O)C(=O)N1CCN(C(C)(C)C)CC1.CN1CCN(C(C)(C)C)CC1. The molecule has 6 aliphatic heterocycles. The van der Waals surface area contributed by atoms with Gasteiger partial charge in [-0.3, -0.25) is 39.0 Å². The molecule has 76 heavy (non-hydrogen) atoms. The second kappa shape index (κ2) is 34.1. The van der Waals surface area contributed by atoms with Crippen LogP contribution in [0.3, 0.4) is 0 Å². The lowest BCUT2D eigenvalue weighted by Gasteiger charge is -2.42. The molecule has 0 aromatic rings. The van der Waals surface area contributed by atoms with E-state index in [4.69, 9.17) is 0 Å². The maximum Gasteiger partial charge on any atom is 0.251 e. The second-order valence-electron chi connectivity index (χ2n) is 27.8. The maximum atomic E-state index is 11.7. The molecule has 0 saturated carbocycles. The number of sulfonamides is 1. The number of hydrogen-bond donors (Lipinski definition) is 1. The summed E-state index contributed by atoms with van der Waals surface area (Å²) in [5, 5.41) is 9.50. The van der Waals surface area contributed by atoms with Gasteiger partial charge in [-0.2, -0.15) is 4.31 Å². The minimum absolute atomic E-state index is 0. The predicted octanol–water partition coefficient (Wildman–Crippen LogP) is 8.86. The number of rotatable bonds is 3. The number of piperazine rings is 4. The van der Waals surface area contributed by atoms with Crippen molar-refractivity contribution in [1.82, 2.24) is 48.4 Å². The lowest BCUT2D eigenvalue weighted by atomic mass is 10.0. The highest BCUT2D eigenvalue weighted by Crippen LogP contribution is 2.22. The summed E-state index contributed by atoms with van der Waals surface area (Å²) < 4.78 is 24.1. The highest BCUT2D eigenvalue weighted by Gasteiger charge is 2.32. The van der Waals surface area contributed by atoms with Gasteiger partial charge < -0.3 is 19.8 Å². The quantitative estimate of drug-likeness (QED) is 0.291. The molecule has 6 saturated heterocycles. The Morgan fingerprint density at radius 3 is 0.868 bits per heavy atom. The number of likely N-dealkylation sites (tertiary alicyclic amines) is 2. The molecule has 1 atom stereocenters. The number of carbonyl (C=O) groups is 2. The molecule has 0 radical (unpaired) electrons. The molecular weight excluding hydrogens is 973 g/mol. The van der Waals surface area contributed by atoms with Crippen LogP contribution in [0.15, 0.2) is 0 Å². The molecular formula is C60H130N10O5S. The molecule has 0 bridgehead atoms. The van der Waals surface area contributed by atoms with Gasteiger partial charge in [0.05, 0.1) is 6.26 Å². The minimum Gasteiger partial charge on any atom is -0.383 e. The van der Waals surface area contributed by atoms with Gasteiger partial charge in [0.2, 0.25) is 15.9 Å². The van der Waals surface area contributed by atoms with Crippen LogP contribution in [0.1, 0.15) is 198 Å². The number of piperidine rings is 2. The second-order valence-corrected chi connectivity index (χ2v) is 29.8. The summed E-state index contributed by atoms with van der Waals surface area (Å²) in [6.07, 6.45) is 9.43. The molecule has 0 aromatic carbocycles. The number of nitrogens with zero attached hydrogens (tertiary/aromatic N) is 10. The van der Waals surface area contributed by atoms with E-state index < -0.39 is 16.1 Å². The Balaban J connectivity index is 0. The van der Waals surface area contributed by atoms with Crippen molar-refractivity contribution in [1.29, 1.82) is 0 Å². The number of hydrogen-bond acceptors (Lipinski definition) is 12. The highest BCUT2D eigenvalue weighted by molar-refractivity contribution is 7.88. The maximum absolute atomic E-state index is 11.7. The van der Waals surface area contributed by atoms with E-state index in [-0.39, 0.29) is 43.3 Å². The fourth-order valence-corrected chi connectivity index (χ4v) is 10.8. The molecule has 0 aromatic heterocycles. The fourth-order valence-electron chi connectivity index (χ4n) is 9.97. The van der Waals surface area contributed by atoms with E-state index in [1.54, 1.807) is 16.1 Å². The Labute approximate surface area is 473 Å². The molecule has 15 nitrogen and oxygen atoms in total. The van der Waals surface area contributed by atoms with E-state index in [0.29, 0.717) is 36.1 Å². The molecule has 0 spiro atoms. The Morgan fingerprint density at radius 2 is 0.645 bits per heavy atom. The standard InChI is InChI=1S/C12H24N2O2.C10H20N2O.C9H20N2O2S.C9H20N2.2C9H19N.2CH4/c1-5-10(15)11(16)13-6-8-14(9-7-13)12(2,3)4;1-9(13)11-5-7-12(8-6-11)10(2,3)4;1-9(2,3)10-5-7-11(8-6-10)14(4,12)13;1-9(2,3)11-7-5-10(4)6-8-11;2*1-9(2,3)10-7-5-4-6-8-10;;/h10,15H,5-9H2,1-4H3;5-8H2,1-4H3;5-8H2,1-4H3;5-8H2,1-4H3;2*4-8H2,1-3H3;2*1H4. The lowest BCUT2D eigenvalue weighted by Crippen LogP contribution is -2.56. The van der Waals surface area contributed by atoms with Gasteiger partial charge in [-0.15, -0.1) is 0 Å². The smallest absolute Gasteiger partial charge is 0.251 e. The molecule has 2 amide bonds. The summed E-state index contributed by atoms with van der Waals surface area (Å²) in [6, 6.07) is 0. The third-order valence-electron chi connectivity index (χ3n) is 15.6. The first-order chi connectivity index (χ1) is 33.7. The van der Waals surface area contributed by atoms with Crippen molar-refractivity contribution in [2.24, 2.45) is 0 Å². The van der Waals surface area contributed by atoms with Crippen molar-refractivity contribution in [3.8, 4) is 0 Å². The lowest BCUT2D eigenvalue weighted by molar-refractivity contribution is -0.142. The van der Waals surface area contributed by atoms with Crippen LogP contribution in [0, 0.1) is 0 Å². The van der Waals surface area contributed by atoms with Gasteiger partial charge in [0.15, 0.2) is 0 Å². The van der Waals surface area contributed by atoms with Gasteiger partial charge in [-0.25, -0.2) is 8.42 Å². The summed E-state index contributed by atoms with van der Waals surface area (Å²) >= 11 is 0. The molecule has 6 rings (SSSR count). The molecule has 6 fully saturated rings. The van der Waals surface area contributed by atoms with Gasteiger partial charge in [0, 0.05) is 145 Å². The van der Waals surface area contributed by atoms with Crippen LogP contribution >= 0.6 is 0 Å². The number of likely N-dealkylation sites (N-methyl/N-ethyl adjacent to an activating group) is 1. The van der Waals surface area contributed by atoms with Crippen molar-refractivity contribution < 1.29 is 23.1 Å². The molecule has 6 heterocycles. The third kappa shape index (κ3) is 30.4. The Hall–Kier alpha value is -1.47. The molecule has 6 aliphatic rings. The molecule has 456 valence electrons. The van der Waals surface area contributed by atoms with Crippen LogP contribution in [0.4, 0.5) is 0 Å². The average molecular weight is 1100 g/mol. The summed E-state index contributed by atoms with van der Waals surface area (Å²) in [6.45, 7) is 63.9. The van der Waals surface area contributed by atoms with Crippen LogP contribution in [-0.2, 0) is 19.6 Å². The Morgan fingerprint density at radius 1 is 0.408 bits per heavy atom. The third-order valence-corrected chi connectivity index (χ3v) is 16.9. The minimum atomic E-state index is -2.99. The normalized spacial score (nSPS) is 21.6. The van der Waals surface area contributed by atoms with E-state index in [2.05, 4.69) is 166 Å². The van der Waals surface area contributed by atoms with Crippen molar-refractivity contribution in [2.45, 2.75) is 238 Å². The summed E-state index contributed by atoms with van der Waals surface area (Å²) in [5.41, 5.74) is 1.72. The highest BCUT2D eigenvalue weighted by atomic mass is 32.2. The van der Waals surface area contributed by atoms with E-state index in [1.165, 1.54) is 97.1 Å². The largest absolute Gasteiger partial charge is 0.383 e. The van der Waals surface area contributed by atoms with Gasteiger partial charge in [-0.05, 0) is 190 Å². The summed E-state index contributed by atoms with van der Waals surface area (Å²) in [5.74, 6) is 0.0876. The number of carbonyl (C=O) groups excluding carboxylic acids is 2. The zero-order valence-electron chi connectivity index (χ0n) is 52.6. The Kier molecular flexibility index (Phi) is 34.4. The van der Waals surface area contributed by atoms with Crippen molar-refractivity contribution >= 4 is 21.8 Å². The summed E-state index contributed by atoms with van der Waals surface area (Å²) in [7, 11) is -0.794. The zero-order valence-corrected chi connectivity index (χ0v) is 53.4. The number of amides is 2. The van der Waals surface area contributed by atoms with E-state index in [0.717, 1.165) is 65.4 Å². The van der Waals surface area contributed by atoms with Crippen LogP contribution in [0.2, 0.25) is 0 Å². The van der Waals surface area contributed by atoms with Gasteiger partial charge in [0.1, 0.15) is 6.10 Å². The fraction of sp³-hybridized carbons (Fsp3) is 0.967. The summed E-state index contributed by atoms with van der Waals surface area (Å²) in [4.78, 5) is 43.7. The molecule has 0 aliphatic carbocycles. The van der Waals surface area contributed by atoms with Crippen molar-refractivity contribution in [2.75, 3.05) is 144 Å². The molecule has 16 heteroatoms. The van der Waals surface area contributed by atoms with Crippen LogP contribution in [0.25, 0.3) is 0 Å². The van der Waals surface area contributed by atoms with Crippen molar-refractivity contribution in [3.05, 3.63) is 0 Å². The first-order valence-electron chi connectivity index (χ1n) is 29.1. The van der Waals surface area contributed by atoms with Crippen LogP contribution in [0.5, 0.6) is 0 Å². The van der Waals surface area contributed by atoms with Crippen LogP contribution in [-0.4, -0.2) is 257 Å². The number of aliphatic hydroxyl groups excluding tert-OH is 1. The molecule has 1 unspecified atom stereocenters. The van der Waals surface area contributed by atoms with E-state index >= 15 is 0 Å². The molecule has 1 N–H and O–H groups in total. The van der Waals surface area contributed by atoms with E-state index in [9.17, 15) is 23.1 Å². The number of aliphatic hydroxyl groups is 1. The monoisotopic (exact) mass is 1100 g/mol. The Bertz CT molecular complexity index is 1620. The zero-order chi connectivity index (χ0) is 57.1. The first kappa shape index (κ1) is 76.6.